The zero-order valence-corrected chi connectivity index (χ0v) is 30.0. The molecule has 1 heterocycles. The van der Waals surface area contributed by atoms with Crippen LogP contribution in [0.5, 0.6) is 0 Å². The van der Waals surface area contributed by atoms with Crippen LogP contribution < -0.4 is 16.0 Å². The number of benzene rings is 2. The highest BCUT2D eigenvalue weighted by Gasteiger charge is 2.43. The summed E-state index contributed by atoms with van der Waals surface area (Å²) in [5.41, 5.74) is 1.55. The van der Waals surface area contributed by atoms with Gasteiger partial charge < -0.3 is 40.2 Å². The Hall–Kier alpha value is -4.15. The molecule has 4 atom stereocenters. The first-order valence-corrected chi connectivity index (χ1v) is 17.6. The van der Waals surface area contributed by atoms with Crippen molar-refractivity contribution in [2.24, 2.45) is 0 Å². The number of nitrogens with one attached hydrogen (secondary N) is 3. The SMILES string of the molecule is C=CCCC(=O)N[C@@H](Cc1ccccc1)C(=O)N[C@@H](Cc1cccc(I)c1)C(=O)N1C[C@H](OC(=O)CCC=O)C[C@H]1C(=O)NCCOCCO. The predicted octanol–water partition coefficient (Wildman–Crippen LogP) is 1.63. The molecule has 1 aliphatic rings. The van der Waals surface area contributed by atoms with E-state index in [2.05, 4.69) is 45.1 Å². The van der Waals surface area contributed by atoms with Crippen molar-refractivity contribution in [2.75, 3.05) is 32.9 Å². The Morgan fingerprint density at radius 3 is 2.40 bits per heavy atom. The lowest BCUT2D eigenvalue weighted by molar-refractivity contribution is -0.149. The maximum absolute atomic E-state index is 14.4. The van der Waals surface area contributed by atoms with Gasteiger partial charge in [0.1, 0.15) is 30.5 Å². The average Bonchev–Trinajstić information content (AvgIpc) is 3.52. The molecule has 2 aromatic rings. The Morgan fingerprint density at radius 1 is 0.960 bits per heavy atom. The third kappa shape index (κ3) is 13.6. The number of aliphatic hydroxyl groups is 1. The first-order valence-electron chi connectivity index (χ1n) is 16.5. The van der Waals surface area contributed by atoms with Gasteiger partial charge in [-0.3, -0.25) is 24.0 Å². The number of amides is 4. The zero-order valence-electron chi connectivity index (χ0n) is 27.9. The number of carbonyl (C=O) groups is 6. The van der Waals surface area contributed by atoms with Crippen LogP contribution in [0.15, 0.2) is 67.3 Å². The van der Waals surface area contributed by atoms with Crippen LogP contribution in [0.4, 0.5) is 0 Å². The summed E-state index contributed by atoms with van der Waals surface area (Å²) >= 11 is 2.15. The van der Waals surface area contributed by atoms with Crippen molar-refractivity contribution in [1.29, 1.82) is 0 Å². The summed E-state index contributed by atoms with van der Waals surface area (Å²) in [5, 5.41) is 17.3. The van der Waals surface area contributed by atoms with E-state index in [0.717, 1.165) is 14.7 Å². The Balaban J connectivity index is 1.90. The van der Waals surface area contributed by atoms with Gasteiger partial charge in [-0.2, -0.15) is 0 Å². The van der Waals surface area contributed by atoms with Crippen molar-refractivity contribution in [3.8, 4) is 0 Å². The molecule has 1 aliphatic heterocycles. The number of rotatable bonds is 21. The minimum absolute atomic E-state index is 0.00178. The summed E-state index contributed by atoms with van der Waals surface area (Å²) in [6.45, 7) is 3.70. The Labute approximate surface area is 305 Å². The lowest BCUT2D eigenvalue weighted by Gasteiger charge is -2.30. The van der Waals surface area contributed by atoms with E-state index in [4.69, 9.17) is 14.6 Å². The van der Waals surface area contributed by atoms with Gasteiger partial charge in [-0.1, -0.05) is 48.5 Å². The second-order valence-corrected chi connectivity index (χ2v) is 13.0. The number of ether oxygens (including phenoxy) is 2. The summed E-state index contributed by atoms with van der Waals surface area (Å²) in [7, 11) is 0. The molecule has 0 saturated carbocycles. The van der Waals surface area contributed by atoms with Crippen molar-refractivity contribution in [1.82, 2.24) is 20.9 Å². The molecule has 50 heavy (non-hydrogen) atoms. The van der Waals surface area contributed by atoms with Gasteiger partial charge in [-0.15, -0.1) is 6.58 Å². The van der Waals surface area contributed by atoms with Crippen LogP contribution in [0.2, 0.25) is 0 Å². The summed E-state index contributed by atoms with van der Waals surface area (Å²) in [6, 6.07) is 13.4. The number of allylic oxidation sites excluding steroid dienone is 1. The number of carbonyl (C=O) groups excluding carboxylic acids is 6. The second kappa shape index (κ2) is 21.8. The van der Waals surface area contributed by atoms with E-state index in [1.54, 1.807) is 6.08 Å². The highest BCUT2D eigenvalue weighted by atomic mass is 127. The molecule has 0 aliphatic carbocycles. The number of aldehydes is 1. The molecule has 4 amide bonds. The van der Waals surface area contributed by atoms with Crippen molar-refractivity contribution in [3.05, 3.63) is 81.9 Å². The number of likely N-dealkylation sites (tertiary alicyclic amines) is 1. The van der Waals surface area contributed by atoms with Crippen LogP contribution in [0.25, 0.3) is 0 Å². The van der Waals surface area contributed by atoms with E-state index < -0.39 is 47.9 Å². The van der Waals surface area contributed by atoms with Gasteiger partial charge in [0.15, 0.2) is 0 Å². The van der Waals surface area contributed by atoms with Crippen LogP contribution in [0.1, 0.15) is 43.2 Å². The summed E-state index contributed by atoms with van der Waals surface area (Å²) in [5.74, 6) is -2.64. The molecule has 14 heteroatoms. The van der Waals surface area contributed by atoms with E-state index in [-0.39, 0.29) is 77.3 Å². The minimum atomic E-state index is -1.16. The standard InChI is InChI=1S/C36H45IN4O9/c1-2-3-13-32(44)39-29(21-25-9-5-4-6-10-25)34(46)40-30(22-26-11-7-12-27(37)20-26)36(48)41-24-28(50-33(45)14-8-16-42)23-31(41)35(47)38-15-18-49-19-17-43/h2,4-7,9-12,16,20,28-31,43H,1,3,8,13-15,17-19,21-24H2,(H,38,47)(H,39,44)(H,40,46)/t28-,29+,30+,31+/m1/s1. The molecule has 4 N–H and O–H groups in total. The Bertz CT molecular complexity index is 1460. The maximum Gasteiger partial charge on any atom is 0.306 e. The third-order valence-corrected chi connectivity index (χ3v) is 8.52. The molecule has 3 rings (SSSR count). The van der Waals surface area contributed by atoms with Gasteiger partial charge in [-0.05, 0) is 52.3 Å². The first-order chi connectivity index (χ1) is 24.1. The van der Waals surface area contributed by atoms with Crippen molar-refractivity contribution in [3.63, 3.8) is 0 Å². The second-order valence-electron chi connectivity index (χ2n) is 11.7. The monoisotopic (exact) mass is 804 g/mol. The van der Waals surface area contributed by atoms with Crippen LogP contribution >= 0.6 is 22.6 Å². The van der Waals surface area contributed by atoms with Crippen LogP contribution in [-0.2, 0) is 51.1 Å². The van der Waals surface area contributed by atoms with E-state index in [1.165, 1.54) is 4.90 Å². The van der Waals surface area contributed by atoms with Crippen molar-refractivity contribution >= 4 is 58.5 Å². The number of halogens is 1. The van der Waals surface area contributed by atoms with E-state index in [1.807, 2.05) is 54.6 Å². The van der Waals surface area contributed by atoms with Gasteiger partial charge in [0.2, 0.25) is 23.6 Å². The summed E-state index contributed by atoms with van der Waals surface area (Å²) < 4.78 is 11.7. The minimum Gasteiger partial charge on any atom is -0.460 e. The molecular formula is C36H45IN4O9. The molecule has 0 radical (unpaired) electrons. The van der Waals surface area contributed by atoms with Gasteiger partial charge in [0, 0.05) is 42.2 Å². The molecule has 2 aromatic carbocycles. The number of nitrogens with zero attached hydrogens (tertiary/aromatic N) is 1. The van der Waals surface area contributed by atoms with E-state index >= 15 is 0 Å². The molecule has 0 aromatic heterocycles. The lowest BCUT2D eigenvalue weighted by Crippen LogP contribution is -2.57. The molecular weight excluding hydrogens is 759 g/mol. The molecule has 270 valence electrons. The highest BCUT2D eigenvalue weighted by molar-refractivity contribution is 14.1. The number of esters is 1. The molecule has 13 nitrogen and oxygen atoms in total. The molecule has 0 bridgehead atoms. The predicted molar refractivity (Wildman–Crippen MR) is 193 cm³/mol. The normalized spacial score (nSPS) is 16.5. The Morgan fingerprint density at radius 2 is 1.70 bits per heavy atom. The smallest absolute Gasteiger partial charge is 0.306 e. The van der Waals surface area contributed by atoms with Gasteiger partial charge in [0.25, 0.3) is 0 Å². The summed E-state index contributed by atoms with van der Waals surface area (Å²) in [6.07, 6.45) is 2.03. The lowest BCUT2D eigenvalue weighted by atomic mass is 10.0. The quantitative estimate of drug-likeness (QED) is 0.0480. The van der Waals surface area contributed by atoms with Crippen LogP contribution in [-0.4, -0.2) is 103 Å². The Kier molecular flexibility index (Phi) is 17.6. The first kappa shape index (κ1) is 40.3. The fourth-order valence-corrected chi connectivity index (χ4v) is 6.07. The fourth-order valence-electron chi connectivity index (χ4n) is 5.46. The average molecular weight is 805 g/mol. The molecule has 0 spiro atoms. The van der Waals surface area contributed by atoms with Gasteiger partial charge in [-0.25, -0.2) is 0 Å². The molecule has 1 fully saturated rings. The van der Waals surface area contributed by atoms with Gasteiger partial charge in [0.05, 0.1) is 32.8 Å². The van der Waals surface area contributed by atoms with Crippen LogP contribution in [0.3, 0.4) is 0 Å². The van der Waals surface area contributed by atoms with Crippen LogP contribution in [0, 0.1) is 3.57 Å². The maximum atomic E-state index is 14.4. The zero-order chi connectivity index (χ0) is 36.3. The summed E-state index contributed by atoms with van der Waals surface area (Å²) in [4.78, 5) is 79.1. The number of hydrogen-bond acceptors (Lipinski definition) is 9. The number of hydrogen-bond donors (Lipinski definition) is 4. The fraction of sp³-hybridized carbons (Fsp3) is 0.444. The number of aliphatic hydroxyl groups excluding tert-OH is 1. The van der Waals surface area contributed by atoms with E-state index in [0.29, 0.717) is 12.7 Å². The van der Waals surface area contributed by atoms with Crippen molar-refractivity contribution in [2.45, 2.75) is 69.2 Å². The molecule has 1 saturated heterocycles. The van der Waals surface area contributed by atoms with Gasteiger partial charge >= 0.3 is 5.97 Å². The third-order valence-electron chi connectivity index (χ3n) is 7.85. The van der Waals surface area contributed by atoms with Crippen molar-refractivity contribution < 1.29 is 43.3 Å². The largest absolute Gasteiger partial charge is 0.460 e. The van der Waals surface area contributed by atoms with E-state index in [9.17, 15) is 28.8 Å². The molecule has 0 unspecified atom stereocenters. The topological polar surface area (TPSA) is 180 Å². The highest BCUT2D eigenvalue weighted by Crippen LogP contribution is 2.24.